The fourth-order valence-corrected chi connectivity index (χ4v) is 1.85. The molecule has 0 heterocycles. The molecule has 100 valence electrons. The van der Waals surface area contributed by atoms with Crippen molar-refractivity contribution in [1.82, 2.24) is 5.32 Å². The molecule has 0 saturated carbocycles. The summed E-state index contributed by atoms with van der Waals surface area (Å²) in [5.74, 6) is 0.163. The smallest absolute Gasteiger partial charge is 0.241 e. The Bertz CT molecular complexity index is 365. The van der Waals surface area contributed by atoms with Gasteiger partial charge in [0.05, 0.1) is 12.6 Å². The van der Waals surface area contributed by atoms with E-state index in [4.69, 9.17) is 5.73 Å². The number of benzene rings is 1. The molecule has 4 heteroatoms. The topological polar surface area (TPSA) is 75.3 Å². The second kappa shape index (κ2) is 7.13. The second-order valence-electron chi connectivity index (χ2n) is 4.91. The highest BCUT2D eigenvalue weighted by Crippen LogP contribution is 2.11. The van der Waals surface area contributed by atoms with Crippen molar-refractivity contribution in [3.63, 3.8) is 0 Å². The van der Waals surface area contributed by atoms with Crippen LogP contribution >= 0.6 is 0 Å². The van der Waals surface area contributed by atoms with Gasteiger partial charge in [-0.2, -0.15) is 0 Å². The standard InChI is InChI=1S/C14H22N2O2/c1-10(2)8-12(9-17)16-14(18)13(15)11-6-4-3-5-7-11/h3-7,10,12-13,17H,8-9,15H2,1-2H3,(H,16,18). The molecule has 0 fully saturated rings. The fraction of sp³-hybridized carbons (Fsp3) is 0.500. The monoisotopic (exact) mass is 250 g/mol. The molecule has 1 aromatic carbocycles. The van der Waals surface area contributed by atoms with Crippen LogP contribution in [0, 0.1) is 5.92 Å². The summed E-state index contributed by atoms with van der Waals surface area (Å²) in [7, 11) is 0. The molecule has 0 radical (unpaired) electrons. The summed E-state index contributed by atoms with van der Waals surface area (Å²) >= 11 is 0. The van der Waals surface area contributed by atoms with Crippen molar-refractivity contribution in [3.8, 4) is 0 Å². The fourth-order valence-electron chi connectivity index (χ4n) is 1.85. The largest absolute Gasteiger partial charge is 0.394 e. The third-order valence-corrected chi connectivity index (χ3v) is 2.76. The number of rotatable bonds is 6. The predicted molar refractivity (Wildman–Crippen MR) is 71.8 cm³/mol. The van der Waals surface area contributed by atoms with Crippen LogP contribution in [-0.2, 0) is 4.79 Å². The van der Waals surface area contributed by atoms with Crippen LogP contribution in [0.25, 0.3) is 0 Å². The van der Waals surface area contributed by atoms with Gasteiger partial charge in [0.2, 0.25) is 5.91 Å². The number of amides is 1. The average Bonchev–Trinajstić information content (AvgIpc) is 2.37. The molecule has 18 heavy (non-hydrogen) atoms. The highest BCUT2D eigenvalue weighted by molar-refractivity contribution is 5.83. The van der Waals surface area contributed by atoms with Gasteiger partial charge < -0.3 is 16.2 Å². The third kappa shape index (κ3) is 4.47. The van der Waals surface area contributed by atoms with Crippen LogP contribution in [-0.4, -0.2) is 23.7 Å². The summed E-state index contributed by atoms with van der Waals surface area (Å²) in [6, 6.07) is 8.30. The molecular weight excluding hydrogens is 228 g/mol. The zero-order chi connectivity index (χ0) is 13.5. The van der Waals surface area contributed by atoms with Gasteiger partial charge >= 0.3 is 0 Å². The molecule has 0 aliphatic rings. The molecule has 0 aromatic heterocycles. The highest BCUT2D eigenvalue weighted by atomic mass is 16.3. The quantitative estimate of drug-likeness (QED) is 0.710. The van der Waals surface area contributed by atoms with Crippen molar-refractivity contribution in [2.45, 2.75) is 32.4 Å². The molecule has 0 aliphatic heterocycles. The lowest BCUT2D eigenvalue weighted by Crippen LogP contribution is -2.43. The van der Waals surface area contributed by atoms with Crippen LogP contribution in [0.15, 0.2) is 30.3 Å². The minimum Gasteiger partial charge on any atom is -0.394 e. The van der Waals surface area contributed by atoms with Crippen LogP contribution in [0.2, 0.25) is 0 Å². The maximum Gasteiger partial charge on any atom is 0.241 e. The van der Waals surface area contributed by atoms with Crippen molar-refractivity contribution in [2.24, 2.45) is 11.7 Å². The van der Waals surface area contributed by atoms with E-state index in [9.17, 15) is 9.90 Å². The number of carbonyl (C=O) groups excluding carboxylic acids is 1. The van der Waals surface area contributed by atoms with E-state index in [1.807, 2.05) is 44.2 Å². The Kier molecular flexibility index (Phi) is 5.82. The molecule has 0 spiro atoms. The Morgan fingerprint density at radius 1 is 1.33 bits per heavy atom. The van der Waals surface area contributed by atoms with Crippen LogP contribution in [0.5, 0.6) is 0 Å². The molecule has 0 bridgehead atoms. The molecule has 4 nitrogen and oxygen atoms in total. The van der Waals surface area contributed by atoms with Gasteiger partial charge in [0.15, 0.2) is 0 Å². The minimum absolute atomic E-state index is 0.0641. The van der Waals surface area contributed by atoms with Gasteiger partial charge in [0.25, 0.3) is 0 Å². The molecule has 1 aromatic rings. The Morgan fingerprint density at radius 3 is 2.44 bits per heavy atom. The molecule has 0 aliphatic carbocycles. The van der Waals surface area contributed by atoms with Crippen LogP contribution < -0.4 is 11.1 Å². The van der Waals surface area contributed by atoms with E-state index in [0.29, 0.717) is 5.92 Å². The van der Waals surface area contributed by atoms with Gasteiger partial charge in [-0.25, -0.2) is 0 Å². The number of nitrogens with one attached hydrogen (secondary N) is 1. The molecule has 2 unspecified atom stereocenters. The van der Waals surface area contributed by atoms with Crippen LogP contribution in [0.3, 0.4) is 0 Å². The zero-order valence-corrected chi connectivity index (χ0v) is 11.0. The summed E-state index contributed by atoms with van der Waals surface area (Å²) in [5.41, 5.74) is 6.65. The number of hydrogen-bond donors (Lipinski definition) is 3. The van der Waals surface area contributed by atoms with Gasteiger partial charge in [-0.1, -0.05) is 44.2 Å². The van der Waals surface area contributed by atoms with Crippen molar-refractivity contribution in [1.29, 1.82) is 0 Å². The average molecular weight is 250 g/mol. The van der Waals surface area contributed by atoms with Gasteiger partial charge in [-0.15, -0.1) is 0 Å². The van der Waals surface area contributed by atoms with Gasteiger partial charge in [0, 0.05) is 0 Å². The van der Waals surface area contributed by atoms with E-state index in [0.717, 1.165) is 12.0 Å². The van der Waals surface area contributed by atoms with Crippen molar-refractivity contribution < 1.29 is 9.90 Å². The number of nitrogens with two attached hydrogens (primary N) is 1. The van der Waals surface area contributed by atoms with Crippen LogP contribution in [0.1, 0.15) is 31.9 Å². The number of aliphatic hydroxyl groups is 1. The number of carbonyl (C=O) groups is 1. The maximum atomic E-state index is 11.9. The molecule has 4 N–H and O–H groups in total. The summed E-state index contributed by atoms with van der Waals surface area (Å²) in [4.78, 5) is 11.9. The predicted octanol–water partition coefficient (Wildman–Crippen LogP) is 1.21. The minimum atomic E-state index is -0.688. The van der Waals surface area contributed by atoms with Gasteiger partial charge in [-0.05, 0) is 17.9 Å². The maximum absolute atomic E-state index is 11.9. The first-order valence-electron chi connectivity index (χ1n) is 6.26. The van der Waals surface area contributed by atoms with Gasteiger partial charge in [-0.3, -0.25) is 4.79 Å². The van der Waals surface area contributed by atoms with Crippen molar-refractivity contribution in [2.75, 3.05) is 6.61 Å². The lowest BCUT2D eigenvalue weighted by molar-refractivity contribution is -0.123. The third-order valence-electron chi connectivity index (χ3n) is 2.76. The highest BCUT2D eigenvalue weighted by Gasteiger charge is 2.19. The summed E-state index contributed by atoms with van der Waals surface area (Å²) in [6.45, 7) is 4.03. The second-order valence-corrected chi connectivity index (χ2v) is 4.91. The lowest BCUT2D eigenvalue weighted by Gasteiger charge is -2.20. The summed E-state index contributed by atoms with van der Waals surface area (Å²) < 4.78 is 0. The van der Waals surface area contributed by atoms with Crippen molar-refractivity contribution in [3.05, 3.63) is 35.9 Å². The first kappa shape index (κ1) is 14.7. The van der Waals surface area contributed by atoms with E-state index in [1.165, 1.54) is 0 Å². The lowest BCUT2D eigenvalue weighted by atomic mass is 10.0. The number of aliphatic hydroxyl groups excluding tert-OH is 1. The first-order chi connectivity index (χ1) is 8.54. The van der Waals surface area contributed by atoms with Crippen molar-refractivity contribution >= 4 is 5.91 Å². The first-order valence-corrected chi connectivity index (χ1v) is 6.26. The normalized spacial score (nSPS) is 14.3. The Morgan fingerprint density at radius 2 is 1.94 bits per heavy atom. The van der Waals surface area contributed by atoms with E-state index in [-0.39, 0.29) is 18.6 Å². The zero-order valence-electron chi connectivity index (χ0n) is 11.0. The Hall–Kier alpha value is -1.39. The Balaban J connectivity index is 2.59. The summed E-state index contributed by atoms with van der Waals surface area (Å²) in [5, 5.41) is 12.0. The molecule has 0 saturated heterocycles. The number of hydrogen-bond acceptors (Lipinski definition) is 3. The molecular formula is C14H22N2O2. The SMILES string of the molecule is CC(C)CC(CO)NC(=O)C(N)c1ccccc1. The van der Waals surface area contributed by atoms with E-state index in [1.54, 1.807) is 0 Å². The molecule has 1 amide bonds. The van der Waals surface area contributed by atoms with E-state index in [2.05, 4.69) is 5.32 Å². The Labute approximate surface area is 108 Å². The molecule has 1 rings (SSSR count). The van der Waals surface area contributed by atoms with Crippen LogP contribution in [0.4, 0.5) is 0 Å². The van der Waals surface area contributed by atoms with Gasteiger partial charge in [0.1, 0.15) is 6.04 Å². The van der Waals surface area contributed by atoms with E-state index < -0.39 is 6.04 Å². The summed E-state index contributed by atoms with van der Waals surface area (Å²) in [6.07, 6.45) is 0.740. The van der Waals surface area contributed by atoms with E-state index >= 15 is 0 Å². The molecule has 2 atom stereocenters.